The van der Waals surface area contributed by atoms with Crippen LogP contribution in [0, 0.1) is 0 Å². The summed E-state index contributed by atoms with van der Waals surface area (Å²) in [6, 6.07) is 13.9. The molecule has 3 aromatic rings. The minimum atomic E-state index is -0.852. The monoisotopic (exact) mass is 495 g/mol. The SMILES string of the molecule is CCOCCCN(C(=O)Cn1nnc2ccccc21)C(C(=O)NC(C)(C)CC)c1cccc(OC)c1. The van der Waals surface area contributed by atoms with Gasteiger partial charge in [-0.15, -0.1) is 5.10 Å². The van der Waals surface area contributed by atoms with Crippen LogP contribution in [0.15, 0.2) is 48.5 Å². The first-order chi connectivity index (χ1) is 17.3. The molecule has 1 unspecified atom stereocenters. The van der Waals surface area contributed by atoms with E-state index in [1.807, 2.05) is 70.2 Å². The van der Waals surface area contributed by atoms with Crippen molar-refractivity contribution in [3.8, 4) is 5.75 Å². The number of para-hydroxylation sites is 1. The molecule has 9 nitrogen and oxygen atoms in total. The minimum absolute atomic E-state index is 0.0416. The molecule has 0 aliphatic rings. The topological polar surface area (TPSA) is 98.6 Å². The van der Waals surface area contributed by atoms with Crippen molar-refractivity contribution in [3.63, 3.8) is 0 Å². The van der Waals surface area contributed by atoms with E-state index in [1.54, 1.807) is 22.8 Å². The zero-order valence-corrected chi connectivity index (χ0v) is 21.9. The van der Waals surface area contributed by atoms with E-state index in [0.717, 1.165) is 11.9 Å². The maximum Gasteiger partial charge on any atom is 0.247 e. The molecule has 0 saturated heterocycles. The largest absolute Gasteiger partial charge is 0.497 e. The van der Waals surface area contributed by atoms with Crippen LogP contribution >= 0.6 is 0 Å². The number of hydrogen-bond donors (Lipinski definition) is 1. The van der Waals surface area contributed by atoms with Crippen LogP contribution in [0.5, 0.6) is 5.75 Å². The van der Waals surface area contributed by atoms with Gasteiger partial charge in [-0.1, -0.05) is 36.4 Å². The van der Waals surface area contributed by atoms with Gasteiger partial charge in [0.1, 0.15) is 23.9 Å². The van der Waals surface area contributed by atoms with Crippen LogP contribution in [0.2, 0.25) is 0 Å². The maximum absolute atomic E-state index is 13.8. The number of rotatable bonds is 13. The summed E-state index contributed by atoms with van der Waals surface area (Å²) in [5.41, 5.74) is 1.71. The molecule has 2 amide bonds. The zero-order valence-electron chi connectivity index (χ0n) is 21.9. The highest BCUT2D eigenvalue weighted by Crippen LogP contribution is 2.27. The smallest absolute Gasteiger partial charge is 0.247 e. The molecule has 9 heteroatoms. The number of hydrogen-bond acceptors (Lipinski definition) is 6. The summed E-state index contributed by atoms with van der Waals surface area (Å²) >= 11 is 0. The van der Waals surface area contributed by atoms with Crippen LogP contribution < -0.4 is 10.1 Å². The second-order valence-electron chi connectivity index (χ2n) is 9.28. The van der Waals surface area contributed by atoms with Crippen molar-refractivity contribution < 1.29 is 19.1 Å². The maximum atomic E-state index is 13.8. The first-order valence-corrected chi connectivity index (χ1v) is 12.4. The molecule has 0 spiro atoms. The Hall–Kier alpha value is -3.46. The van der Waals surface area contributed by atoms with E-state index < -0.39 is 11.6 Å². The summed E-state index contributed by atoms with van der Waals surface area (Å²) in [5, 5.41) is 11.5. The van der Waals surface area contributed by atoms with Gasteiger partial charge in [0.25, 0.3) is 0 Å². The molecule has 0 aliphatic carbocycles. The van der Waals surface area contributed by atoms with E-state index in [-0.39, 0.29) is 18.4 Å². The lowest BCUT2D eigenvalue weighted by Crippen LogP contribution is -2.51. The summed E-state index contributed by atoms with van der Waals surface area (Å²) in [5.74, 6) is 0.131. The third-order valence-electron chi connectivity index (χ3n) is 6.23. The Kier molecular flexibility index (Phi) is 9.41. The Balaban J connectivity index is 1.99. The molecule has 2 aromatic carbocycles. The standard InChI is InChI=1S/C27H37N5O4/c1-6-27(3,4)28-26(34)25(20-12-10-13-21(18-20)35-5)31(16-11-17-36-7-2)24(33)19-32-23-15-9-8-14-22(23)29-30-32/h8-10,12-15,18,25H,6-7,11,16-17,19H2,1-5H3,(H,28,34). The summed E-state index contributed by atoms with van der Waals surface area (Å²) in [4.78, 5) is 29.2. The third kappa shape index (κ3) is 6.81. The van der Waals surface area contributed by atoms with Gasteiger partial charge in [0.15, 0.2) is 0 Å². The lowest BCUT2D eigenvalue weighted by molar-refractivity contribution is -0.142. The van der Waals surface area contributed by atoms with Gasteiger partial charge in [0, 0.05) is 25.3 Å². The van der Waals surface area contributed by atoms with Crippen LogP contribution in [0.3, 0.4) is 0 Å². The summed E-state index contributed by atoms with van der Waals surface area (Å²) < 4.78 is 12.5. The van der Waals surface area contributed by atoms with Gasteiger partial charge in [-0.2, -0.15) is 0 Å². The molecule has 1 heterocycles. The predicted octanol–water partition coefficient (Wildman–Crippen LogP) is 3.74. The fraction of sp³-hybridized carbons (Fsp3) is 0.481. The van der Waals surface area contributed by atoms with E-state index in [1.165, 1.54) is 0 Å². The second kappa shape index (κ2) is 12.5. The van der Waals surface area contributed by atoms with Crippen LogP contribution in [0.4, 0.5) is 0 Å². The van der Waals surface area contributed by atoms with E-state index in [2.05, 4.69) is 15.6 Å². The summed E-state index contributed by atoms with van der Waals surface area (Å²) in [7, 11) is 1.58. The van der Waals surface area contributed by atoms with Crippen LogP contribution in [-0.2, 0) is 20.9 Å². The lowest BCUT2D eigenvalue weighted by Gasteiger charge is -2.34. The first-order valence-electron chi connectivity index (χ1n) is 12.4. The Labute approximate surface area is 212 Å². The highest BCUT2D eigenvalue weighted by molar-refractivity contribution is 5.89. The molecule has 1 aromatic heterocycles. The number of methoxy groups -OCH3 is 1. The third-order valence-corrected chi connectivity index (χ3v) is 6.23. The highest BCUT2D eigenvalue weighted by atomic mass is 16.5. The van der Waals surface area contributed by atoms with Gasteiger partial charge in [-0.3, -0.25) is 9.59 Å². The minimum Gasteiger partial charge on any atom is -0.497 e. The molecule has 0 bridgehead atoms. The van der Waals surface area contributed by atoms with E-state index in [0.29, 0.717) is 43.0 Å². The van der Waals surface area contributed by atoms with Crippen molar-refractivity contribution in [1.82, 2.24) is 25.2 Å². The number of carbonyl (C=O) groups is 2. The van der Waals surface area contributed by atoms with E-state index >= 15 is 0 Å². The Morgan fingerprint density at radius 2 is 1.92 bits per heavy atom. The number of nitrogens with one attached hydrogen (secondary N) is 1. The zero-order chi connectivity index (χ0) is 26.1. The van der Waals surface area contributed by atoms with E-state index in [4.69, 9.17) is 9.47 Å². The highest BCUT2D eigenvalue weighted by Gasteiger charge is 2.34. The Morgan fingerprint density at radius 1 is 1.14 bits per heavy atom. The number of fused-ring (bicyclic) bond motifs is 1. The fourth-order valence-corrected chi connectivity index (χ4v) is 3.91. The van der Waals surface area contributed by atoms with Crippen molar-refractivity contribution in [2.75, 3.05) is 26.9 Å². The van der Waals surface area contributed by atoms with Crippen molar-refractivity contribution in [3.05, 3.63) is 54.1 Å². The number of aromatic nitrogens is 3. The average molecular weight is 496 g/mol. The van der Waals surface area contributed by atoms with Crippen molar-refractivity contribution in [2.45, 2.75) is 58.7 Å². The summed E-state index contributed by atoms with van der Waals surface area (Å²) in [6.07, 6.45) is 1.33. The molecule has 194 valence electrons. The molecule has 1 atom stereocenters. The fourth-order valence-electron chi connectivity index (χ4n) is 3.91. The number of nitrogens with zero attached hydrogens (tertiary/aromatic N) is 4. The molecule has 36 heavy (non-hydrogen) atoms. The quantitative estimate of drug-likeness (QED) is 0.363. The average Bonchev–Trinajstić information content (AvgIpc) is 3.28. The van der Waals surface area contributed by atoms with Gasteiger partial charge < -0.3 is 19.7 Å². The molecular formula is C27H37N5O4. The molecular weight excluding hydrogens is 458 g/mol. The molecule has 0 aliphatic heterocycles. The van der Waals surface area contributed by atoms with Crippen LogP contribution in [-0.4, -0.2) is 64.1 Å². The Bertz CT molecular complexity index is 1160. The number of carbonyl (C=O) groups excluding carboxylic acids is 2. The van der Waals surface area contributed by atoms with Gasteiger partial charge in [-0.25, -0.2) is 4.68 Å². The lowest BCUT2D eigenvalue weighted by atomic mass is 9.98. The Morgan fingerprint density at radius 3 is 2.64 bits per heavy atom. The molecule has 1 N–H and O–H groups in total. The van der Waals surface area contributed by atoms with Crippen LogP contribution in [0.1, 0.15) is 52.1 Å². The molecule has 0 radical (unpaired) electrons. The van der Waals surface area contributed by atoms with Gasteiger partial charge in [0.2, 0.25) is 11.8 Å². The second-order valence-corrected chi connectivity index (χ2v) is 9.28. The van der Waals surface area contributed by atoms with Gasteiger partial charge in [-0.05, 0) is 63.4 Å². The van der Waals surface area contributed by atoms with Crippen molar-refractivity contribution in [2.24, 2.45) is 0 Å². The van der Waals surface area contributed by atoms with Gasteiger partial charge >= 0.3 is 0 Å². The molecule has 0 fully saturated rings. The molecule has 3 rings (SSSR count). The van der Waals surface area contributed by atoms with Gasteiger partial charge in [0.05, 0.1) is 12.6 Å². The normalized spacial score (nSPS) is 12.4. The number of ether oxygens (including phenoxy) is 2. The first kappa shape index (κ1) is 27.1. The van der Waals surface area contributed by atoms with E-state index in [9.17, 15) is 9.59 Å². The number of benzene rings is 2. The molecule has 0 saturated carbocycles. The summed E-state index contributed by atoms with van der Waals surface area (Å²) in [6.45, 7) is 9.25. The van der Waals surface area contributed by atoms with Crippen molar-refractivity contribution in [1.29, 1.82) is 0 Å². The predicted molar refractivity (Wildman–Crippen MR) is 139 cm³/mol. The van der Waals surface area contributed by atoms with Crippen molar-refractivity contribution >= 4 is 22.8 Å². The number of amides is 2. The van der Waals surface area contributed by atoms with Crippen LogP contribution in [0.25, 0.3) is 11.0 Å².